The predicted molar refractivity (Wildman–Crippen MR) is 79.8 cm³/mol. The molecule has 0 aliphatic carbocycles. The van der Waals surface area contributed by atoms with E-state index in [-0.39, 0.29) is 12.5 Å². The van der Waals surface area contributed by atoms with Crippen LogP contribution in [0.2, 0.25) is 8.67 Å². The van der Waals surface area contributed by atoms with E-state index in [1.165, 1.54) is 6.07 Å². The number of nitriles is 1. The van der Waals surface area contributed by atoms with Crippen LogP contribution < -0.4 is 10.1 Å². The summed E-state index contributed by atoms with van der Waals surface area (Å²) in [7, 11) is 0. The van der Waals surface area contributed by atoms with Crippen LogP contribution >= 0.6 is 34.5 Å². The molecular weight excluding hydrogens is 319 g/mol. The lowest BCUT2D eigenvalue weighted by Gasteiger charge is -2.10. The highest BCUT2D eigenvalue weighted by Crippen LogP contribution is 2.32. The highest BCUT2D eigenvalue weighted by atomic mass is 35.5. The average molecular weight is 327 g/mol. The van der Waals surface area contributed by atoms with Crippen LogP contribution in [0.5, 0.6) is 5.75 Å². The molecule has 0 bridgehead atoms. The van der Waals surface area contributed by atoms with Crippen molar-refractivity contribution in [2.75, 3.05) is 11.9 Å². The van der Waals surface area contributed by atoms with Crippen LogP contribution in [-0.4, -0.2) is 12.5 Å². The van der Waals surface area contributed by atoms with E-state index in [1.54, 1.807) is 24.3 Å². The fraction of sp³-hybridized carbons (Fsp3) is 0.0769. The van der Waals surface area contributed by atoms with Gasteiger partial charge in [-0.3, -0.25) is 4.79 Å². The first kappa shape index (κ1) is 14.7. The predicted octanol–water partition coefficient (Wildman–Crippen LogP) is 4.21. The van der Waals surface area contributed by atoms with E-state index in [2.05, 4.69) is 5.32 Å². The summed E-state index contributed by atoms with van der Waals surface area (Å²) in [4.78, 5) is 12.1. The Morgan fingerprint density at radius 3 is 2.80 bits per heavy atom. The van der Waals surface area contributed by atoms with Crippen molar-refractivity contribution >= 4 is 46.1 Å². The van der Waals surface area contributed by atoms with Gasteiger partial charge in [-0.1, -0.05) is 35.3 Å². The molecule has 20 heavy (non-hydrogen) atoms. The van der Waals surface area contributed by atoms with Crippen molar-refractivity contribution in [1.29, 1.82) is 5.26 Å². The van der Waals surface area contributed by atoms with Gasteiger partial charge in [0.25, 0.3) is 5.91 Å². The summed E-state index contributed by atoms with van der Waals surface area (Å²) in [6.45, 7) is -0.0993. The first-order chi connectivity index (χ1) is 9.61. The van der Waals surface area contributed by atoms with Crippen molar-refractivity contribution in [2.24, 2.45) is 0 Å². The number of amides is 1. The minimum absolute atomic E-state index is 0.0993. The number of anilines is 1. The molecule has 1 aromatic heterocycles. The molecule has 2 aromatic rings. The SMILES string of the molecule is N#CCOc1ccccc1NC(=O)c1cc(Cl)sc1Cl. The van der Waals surface area contributed by atoms with Crippen molar-refractivity contribution in [3.63, 3.8) is 0 Å². The fourth-order valence-electron chi connectivity index (χ4n) is 1.49. The van der Waals surface area contributed by atoms with Gasteiger partial charge in [0, 0.05) is 0 Å². The molecule has 0 radical (unpaired) electrons. The number of halogens is 2. The molecule has 0 unspecified atom stereocenters. The van der Waals surface area contributed by atoms with Crippen LogP contribution in [-0.2, 0) is 0 Å². The van der Waals surface area contributed by atoms with E-state index in [9.17, 15) is 4.79 Å². The second-order valence-corrected chi connectivity index (χ2v) is 5.92. The van der Waals surface area contributed by atoms with E-state index in [0.717, 1.165) is 11.3 Å². The van der Waals surface area contributed by atoms with Gasteiger partial charge in [-0.25, -0.2) is 0 Å². The normalized spacial score (nSPS) is 9.85. The maximum absolute atomic E-state index is 12.1. The van der Waals surface area contributed by atoms with Crippen molar-refractivity contribution in [2.45, 2.75) is 0 Å². The Bertz CT molecular complexity index is 679. The lowest BCUT2D eigenvalue weighted by molar-refractivity contribution is 0.102. The Labute approximate surface area is 129 Å². The summed E-state index contributed by atoms with van der Waals surface area (Å²) < 4.78 is 5.99. The molecule has 1 amide bonds. The molecule has 7 heteroatoms. The molecule has 4 nitrogen and oxygen atoms in total. The number of nitrogens with zero attached hydrogens (tertiary/aromatic N) is 1. The zero-order valence-electron chi connectivity index (χ0n) is 10.0. The second kappa shape index (κ2) is 6.62. The van der Waals surface area contributed by atoms with Gasteiger partial charge in [0.1, 0.15) is 16.2 Å². The van der Waals surface area contributed by atoms with Gasteiger partial charge >= 0.3 is 0 Å². The molecule has 0 spiro atoms. The Kier molecular flexibility index (Phi) is 4.85. The minimum atomic E-state index is -0.383. The minimum Gasteiger partial charge on any atom is -0.477 e. The van der Waals surface area contributed by atoms with Crippen LogP contribution in [0.15, 0.2) is 30.3 Å². The van der Waals surface area contributed by atoms with Crippen molar-refractivity contribution in [3.8, 4) is 11.8 Å². The molecule has 1 heterocycles. The molecule has 0 aliphatic rings. The van der Waals surface area contributed by atoms with E-state index in [1.807, 2.05) is 6.07 Å². The monoisotopic (exact) mass is 326 g/mol. The molecule has 2 rings (SSSR count). The number of benzene rings is 1. The number of para-hydroxylation sites is 2. The molecular formula is C13H8Cl2N2O2S. The largest absolute Gasteiger partial charge is 0.477 e. The van der Waals surface area contributed by atoms with Crippen LogP contribution in [0.3, 0.4) is 0 Å². The quantitative estimate of drug-likeness (QED) is 0.915. The molecule has 1 N–H and O–H groups in total. The van der Waals surface area contributed by atoms with Gasteiger partial charge in [-0.05, 0) is 18.2 Å². The standard InChI is InChI=1S/C13H8Cl2N2O2S/c14-11-7-8(12(15)20-11)13(18)17-9-3-1-2-4-10(9)19-6-5-16/h1-4,7H,6H2,(H,17,18). The van der Waals surface area contributed by atoms with Gasteiger partial charge in [0.05, 0.1) is 15.6 Å². The summed E-state index contributed by atoms with van der Waals surface area (Å²) >= 11 is 12.9. The number of hydrogen-bond donors (Lipinski definition) is 1. The summed E-state index contributed by atoms with van der Waals surface area (Å²) in [5.74, 6) is 0.0333. The summed E-state index contributed by atoms with van der Waals surface area (Å²) in [5, 5.41) is 11.2. The Hall–Kier alpha value is -1.74. The van der Waals surface area contributed by atoms with Crippen molar-refractivity contribution in [1.82, 2.24) is 0 Å². The Morgan fingerprint density at radius 1 is 1.40 bits per heavy atom. The summed E-state index contributed by atoms with van der Waals surface area (Å²) in [6.07, 6.45) is 0. The Balaban J connectivity index is 2.20. The smallest absolute Gasteiger partial charge is 0.258 e. The lowest BCUT2D eigenvalue weighted by Crippen LogP contribution is -2.12. The third-order valence-corrected chi connectivity index (χ3v) is 3.82. The molecule has 0 saturated heterocycles. The topological polar surface area (TPSA) is 62.1 Å². The molecule has 0 aliphatic heterocycles. The van der Waals surface area contributed by atoms with Crippen LogP contribution in [0.1, 0.15) is 10.4 Å². The number of ether oxygens (including phenoxy) is 1. The first-order valence-electron chi connectivity index (χ1n) is 5.46. The summed E-state index contributed by atoms with van der Waals surface area (Å²) in [5.41, 5.74) is 0.767. The highest BCUT2D eigenvalue weighted by molar-refractivity contribution is 7.20. The number of carbonyl (C=O) groups is 1. The third-order valence-electron chi connectivity index (χ3n) is 2.33. The van der Waals surface area contributed by atoms with Crippen molar-refractivity contribution in [3.05, 3.63) is 44.6 Å². The van der Waals surface area contributed by atoms with Crippen LogP contribution in [0, 0.1) is 11.3 Å². The molecule has 0 atom stereocenters. The second-order valence-electron chi connectivity index (χ2n) is 3.63. The zero-order chi connectivity index (χ0) is 14.5. The van der Waals surface area contributed by atoms with Crippen molar-refractivity contribution < 1.29 is 9.53 Å². The third kappa shape index (κ3) is 3.42. The molecule has 102 valence electrons. The fourth-order valence-corrected chi connectivity index (χ4v) is 2.95. The van der Waals surface area contributed by atoms with Crippen LogP contribution in [0.25, 0.3) is 0 Å². The highest BCUT2D eigenvalue weighted by Gasteiger charge is 2.15. The number of hydrogen-bond acceptors (Lipinski definition) is 4. The number of thiophene rings is 1. The maximum atomic E-state index is 12.1. The maximum Gasteiger partial charge on any atom is 0.258 e. The van der Waals surface area contributed by atoms with Gasteiger partial charge in [0.15, 0.2) is 6.61 Å². The molecule has 0 saturated carbocycles. The number of rotatable bonds is 4. The molecule has 0 fully saturated rings. The van der Waals surface area contributed by atoms with E-state index >= 15 is 0 Å². The van der Waals surface area contributed by atoms with Gasteiger partial charge in [0.2, 0.25) is 0 Å². The van der Waals surface area contributed by atoms with Gasteiger partial charge < -0.3 is 10.1 Å². The lowest BCUT2D eigenvalue weighted by atomic mass is 10.2. The first-order valence-corrected chi connectivity index (χ1v) is 7.04. The van der Waals surface area contributed by atoms with Gasteiger partial charge in [-0.15, -0.1) is 11.3 Å². The van der Waals surface area contributed by atoms with E-state index in [4.69, 9.17) is 33.2 Å². The molecule has 1 aromatic carbocycles. The zero-order valence-corrected chi connectivity index (χ0v) is 12.4. The average Bonchev–Trinajstić information content (AvgIpc) is 2.77. The van der Waals surface area contributed by atoms with E-state index < -0.39 is 0 Å². The number of nitrogens with one attached hydrogen (secondary N) is 1. The Morgan fingerprint density at radius 2 is 2.15 bits per heavy atom. The van der Waals surface area contributed by atoms with Gasteiger partial charge in [-0.2, -0.15) is 5.26 Å². The summed E-state index contributed by atoms with van der Waals surface area (Å²) in [6, 6.07) is 10.2. The number of carbonyl (C=O) groups excluding carboxylic acids is 1. The van der Waals surface area contributed by atoms with Crippen LogP contribution in [0.4, 0.5) is 5.69 Å². The van der Waals surface area contributed by atoms with E-state index in [0.29, 0.717) is 25.7 Å².